The van der Waals surface area contributed by atoms with E-state index in [2.05, 4.69) is 30.0 Å². The maximum atomic E-state index is 13.1. The second-order valence-corrected chi connectivity index (χ2v) is 5.80. The third-order valence-electron chi connectivity index (χ3n) is 3.83. The van der Waals surface area contributed by atoms with Crippen LogP contribution in [0.1, 0.15) is 23.1 Å². The minimum absolute atomic E-state index is 0.284. The lowest BCUT2D eigenvalue weighted by Crippen LogP contribution is -2.29. The standard InChI is InChI=1S/C17H17ClFN/c1-12-4-7-17-13(9-12)3-2-8-20(17)11-14-5-6-15(19)10-16(14)18/h4-7,9-10H,2-3,8,11H2,1H3. The molecule has 0 fully saturated rings. The monoisotopic (exact) mass is 289 g/mol. The highest BCUT2D eigenvalue weighted by Gasteiger charge is 2.17. The van der Waals surface area contributed by atoms with Gasteiger partial charge in [0.05, 0.1) is 0 Å². The first-order chi connectivity index (χ1) is 9.63. The number of hydrogen-bond donors (Lipinski definition) is 0. The predicted octanol–water partition coefficient (Wildman–Crippen LogP) is 4.74. The Morgan fingerprint density at radius 1 is 1.20 bits per heavy atom. The van der Waals surface area contributed by atoms with Crippen LogP contribution >= 0.6 is 11.6 Å². The summed E-state index contributed by atoms with van der Waals surface area (Å²) in [5, 5.41) is 0.504. The first kappa shape index (κ1) is 13.4. The van der Waals surface area contributed by atoms with E-state index in [-0.39, 0.29) is 5.82 Å². The summed E-state index contributed by atoms with van der Waals surface area (Å²) in [6, 6.07) is 11.2. The molecule has 1 aliphatic rings. The van der Waals surface area contributed by atoms with E-state index in [9.17, 15) is 4.39 Å². The fourth-order valence-corrected chi connectivity index (χ4v) is 3.05. The number of anilines is 1. The lowest BCUT2D eigenvalue weighted by molar-refractivity contribution is 0.626. The minimum Gasteiger partial charge on any atom is -0.367 e. The van der Waals surface area contributed by atoms with E-state index in [1.54, 1.807) is 6.07 Å². The van der Waals surface area contributed by atoms with E-state index in [0.29, 0.717) is 5.02 Å². The lowest BCUT2D eigenvalue weighted by Gasteiger charge is -2.32. The molecule has 0 N–H and O–H groups in total. The molecule has 3 heteroatoms. The second-order valence-electron chi connectivity index (χ2n) is 5.39. The van der Waals surface area contributed by atoms with Crippen molar-refractivity contribution in [2.45, 2.75) is 26.3 Å². The largest absolute Gasteiger partial charge is 0.367 e. The smallest absolute Gasteiger partial charge is 0.124 e. The van der Waals surface area contributed by atoms with Gasteiger partial charge in [-0.2, -0.15) is 0 Å². The second kappa shape index (κ2) is 5.45. The van der Waals surface area contributed by atoms with E-state index in [4.69, 9.17) is 11.6 Å². The number of aryl methyl sites for hydroxylation is 2. The molecule has 0 aromatic heterocycles. The van der Waals surface area contributed by atoms with Crippen LogP contribution in [0.4, 0.5) is 10.1 Å². The number of halogens is 2. The summed E-state index contributed by atoms with van der Waals surface area (Å²) in [6.45, 7) is 3.87. The van der Waals surface area contributed by atoms with E-state index < -0.39 is 0 Å². The molecule has 0 radical (unpaired) electrons. The maximum Gasteiger partial charge on any atom is 0.124 e. The molecule has 0 spiro atoms. The fraction of sp³-hybridized carbons (Fsp3) is 0.294. The SMILES string of the molecule is Cc1ccc2c(c1)CCCN2Cc1ccc(F)cc1Cl. The maximum absolute atomic E-state index is 13.1. The molecule has 3 rings (SSSR count). The van der Waals surface area contributed by atoms with Crippen molar-refractivity contribution in [2.75, 3.05) is 11.4 Å². The zero-order valence-electron chi connectivity index (χ0n) is 11.5. The van der Waals surface area contributed by atoms with Crippen LogP contribution in [-0.2, 0) is 13.0 Å². The van der Waals surface area contributed by atoms with Crippen LogP contribution in [0.15, 0.2) is 36.4 Å². The van der Waals surface area contributed by atoms with Gasteiger partial charge in [0.15, 0.2) is 0 Å². The summed E-state index contributed by atoms with van der Waals surface area (Å²) in [5.41, 5.74) is 4.95. The van der Waals surface area contributed by atoms with Crippen LogP contribution in [-0.4, -0.2) is 6.54 Å². The van der Waals surface area contributed by atoms with Crippen molar-refractivity contribution in [3.63, 3.8) is 0 Å². The summed E-state index contributed by atoms with van der Waals surface area (Å²) in [6.07, 6.45) is 2.28. The molecule has 2 aromatic rings. The molecule has 0 bridgehead atoms. The normalized spacial score (nSPS) is 14.2. The van der Waals surface area contributed by atoms with Gasteiger partial charge in [0.1, 0.15) is 5.82 Å². The number of nitrogens with zero attached hydrogens (tertiary/aromatic N) is 1. The van der Waals surface area contributed by atoms with Gasteiger partial charge in [0.2, 0.25) is 0 Å². The Morgan fingerprint density at radius 2 is 2.05 bits per heavy atom. The molecule has 0 saturated carbocycles. The van der Waals surface area contributed by atoms with E-state index >= 15 is 0 Å². The summed E-state index contributed by atoms with van der Waals surface area (Å²) in [7, 11) is 0. The molecule has 0 amide bonds. The molecule has 0 unspecified atom stereocenters. The molecule has 0 saturated heterocycles. The van der Waals surface area contributed by atoms with Crippen LogP contribution in [0.5, 0.6) is 0 Å². The van der Waals surface area contributed by atoms with Crippen molar-refractivity contribution < 1.29 is 4.39 Å². The minimum atomic E-state index is -0.284. The van der Waals surface area contributed by atoms with Crippen molar-refractivity contribution in [1.29, 1.82) is 0 Å². The third kappa shape index (κ3) is 2.66. The van der Waals surface area contributed by atoms with Gasteiger partial charge in [-0.1, -0.05) is 35.4 Å². The van der Waals surface area contributed by atoms with E-state index in [0.717, 1.165) is 31.5 Å². The van der Waals surface area contributed by atoms with Gasteiger partial charge >= 0.3 is 0 Å². The van der Waals surface area contributed by atoms with Crippen LogP contribution in [0.25, 0.3) is 0 Å². The highest BCUT2D eigenvalue weighted by molar-refractivity contribution is 6.31. The van der Waals surface area contributed by atoms with Crippen molar-refractivity contribution in [3.05, 3.63) is 63.9 Å². The Bertz CT molecular complexity index is 639. The number of benzene rings is 2. The summed E-state index contributed by atoms with van der Waals surface area (Å²) in [5.74, 6) is -0.284. The Balaban J connectivity index is 1.89. The van der Waals surface area contributed by atoms with Crippen molar-refractivity contribution in [3.8, 4) is 0 Å². The molecular formula is C17H17ClFN. The van der Waals surface area contributed by atoms with Gasteiger partial charge in [-0.25, -0.2) is 4.39 Å². The van der Waals surface area contributed by atoms with E-state index in [1.165, 1.54) is 28.9 Å². The number of rotatable bonds is 2. The fourth-order valence-electron chi connectivity index (χ4n) is 2.82. The molecule has 1 heterocycles. The molecule has 1 nitrogen and oxygen atoms in total. The Hall–Kier alpha value is -1.54. The van der Waals surface area contributed by atoms with Gasteiger partial charge in [-0.3, -0.25) is 0 Å². The molecule has 0 aliphatic carbocycles. The molecular weight excluding hydrogens is 273 g/mol. The summed E-state index contributed by atoms with van der Waals surface area (Å²) >= 11 is 6.13. The zero-order valence-corrected chi connectivity index (χ0v) is 12.3. The van der Waals surface area contributed by atoms with Crippen LogP contribution in [0, 0.1) is 12.7 Å². The highest BCUT2D eigenvalue weighted by atomic mass is 35.5. The molecule has 20 heavy (non-hydrogen) atoms. The lowest BCUT2D eigenvalue weighted by atomic mass is 9.99. The van der Waals surface area contributed by atoms with Crippen LogP contribution < -0.4 is 4.90 Å². The Labute approximate surface area is 124 Å². The quantitative estimate of drug-likeness (QED) is 0.772. The van der Waals surface area contributed by atoms with Crippen molar-refractivity contribution >= 4 is 17.3 Å². The summed E-state index contributed by atoms with van der Waals surface area (Å²) < 4.78 is 13.1. The van der Waals surface area contributed by atoms with E-state index in [1.807, 2.05) is 0 Å². The third-order valence-corrected chi connectivity index (χ3v) is 4.18. The Morgan fingerprint density at radius 3 is 2.85 bits per heavy atom. The van der Waals surface area contributed by atoms with Gasteiger partial charge in [0, 0.05) is 23.8 Å². The topological polar surface area (TPSA) is 3.24 Å². The van der Waals surface area contributed by atoms with Gasteiger partial charge in [-0.15, -0.1) is 0 Å². The van der Waals surface area contributed by atoms with Crippen molar-refractivity contribution in [2.24, 2.45) is 0 Å². The number of fused-ring (bicyclic) bond motifs is 1. The highest BCUT2D eigenvalue weighted by Crippen LogP contribution is 2.30. The van der Waals surface area contributed by atoms with Gasteiger partial charge in [0.25, 0.3) is 0 Å². The molecule has 104 valence electrons. The van der Waals surface area contributed by atoms with Crippen LogP contribution in [0.2, 0.25) is 5.02 Å². The van der Waals surface area contributed by atoms with Crippen molar-refractivity contribution in [1.82, 2.24) is 0 Å². The molecule has 1 aliphatic heterocycles. The first-order valence-electron chi connectivity index (χ1n) is 6.92. The van der Waals surface area contributed by atoms with Crippen LogP contribution in [0.3, 0.4) is 0 Å². The number of hydrogen-bond acceptors (Lipinski definition) is 1. The zero-order chi connectivity index (χ0) is 14.1. The summed E-state index contributed by atoms with van der Waals surface area (Å²) in [4.78, 5) is 2.33. The predicted molar refractivity (Wildman–Crippen MR) is 82.0 cm³/mol. The Kier molecular flexibility index (Phi) is 3.66. The molecule has 2 aromatic carbocycles. The molecule has 0 atom stereocenters. The average Bonchev–Trinajstić information content (AvgIpc) is 2.41. The first-order valence-corrected chi connectivity index (χ1v) is 7.30. The van der Waals surface area contributed by atoms with Gasteiger partial charge < -0.3 is 4.90 Å². The average molecular weight is 290 g/mol. The van der Waals surface area contributed by atoms with Gasteiger partial charge in [-0.05, 0) is 49.1 Å².